The number of ether oxygens (including phenoxy) is 2. The van der Waals surface area contributed by atoms with Crippen molar-refractivity contribution in [2.45, 2.75) is 47.5 Å². The van der Waals surface area contributed by atoms with E-state index in [4.69, 9.17) is 9.47 Å². The van der Waals surface area contributed by atoms with Gasteiger partial charge in [0.1, 0.15) is 5.76 Å². The fourth-order valence-electron chi connectivity index (χ4n) is 2.99. The van der Waals surface area contributed by atoms with Gasteiger partial charge < -0.3 is 9.47 Å². The van der Waals surface area contributed by atoms with Gasteiger partial charge in [0, 0.05) is 24.3 Å². The molecule has 4 heteroatoms. The second kappa shape index (κ2) is 5.66. The maximum absolute atomic E-state index is 12.5. The van der Waals surface area contributed by atoms with Gasteiger partial charge in [-0.1, -0.05) is 27.7 Å². The highest BCUT2D eigenvalue weighted by Gasteiger charge is 2.41. The van der Waals surface area contributed by atoms with Gasteiger partial charge in [-0.25, -0.2) is 4.79 Å². The number of Topliss-reactive ketones (excluding diaryl/α,β-unsaturated/α-hetero) is 1. The summed E-state index contributed by atoms with van der Waals surface area (Å²) in [5.41, 5.74) is 0.617. The Hall–Kier alpha value is -1.58. The quantitative estimate of drug-likeness (QED) is 0.748. The molecule has 1 atom stereocenters. The van der Waals surface area contributed by atoms with Crippen LogP contribution in [0.2, 0.25) is 0 Å². The molecular weight excluding hydrogens is 268 g/mol. The monoisotopic (exact) mass is 292 g/mol. The van der Waals surface area contributed by atoms with Crippen molar-refractivity contribution in [1.29, 1.82) is 0 Å². The van der Waals surface area contributed by atoms with Gasteiger partial charge in [0.2, 0.25) is 5.76 Å². The molecule has 0 unspecified atom stereocenters. The maximum atomic E-state index is 12.5. The second-order valence-corrected chi connectivity index (χ2v) is 6.90. The van der Waals surface area contributed by atoms with Crippen LogP contribution in [0.3, 0.4) is 0 Å². The van der Waals surface area contributed by atoms with Crippen molar-refractivity contribution >= 4 is 11.8 Å². The van der Waals surface area contributed by atoms with Gasteiger partial charge in [-0.2, -0.15) is 0 Å². The molecule has 0 radical (unpaired) electrons. The van der Waals surface area contributed by atoms with E-state index in [-0.39, 0.29) is 28.8 Å². The van der Waals surface area contributed by atoms with E-state index in [0.717, 1.165) is 5.57 Å². The van der Waals surface area contributed by atoms with E-state index in [2.05, 4.69) is 0 Å². The second-order valence-electron chi connectivity index (χ2n) is 6.90. The summed E-state index contributed by atoms with van der Waals surface area (Å²) in [6, 6.07) is 0. The Balaban J connectivity index is 2.38. The number of carbonyl (C=O) groups is 2. The molecule has 21 heavy (non-hydrogen) atoms. The van der Waals surface area contributed by atoms with Crippen LogP contribution in [-0.4, -0.2) is 18.4 Å². The van der Waals surface area contributed by atoms with Crippen LogP contribution in [0.1, 0.15) is 47.5 Å². The minimum Gasteiger partial charge on any atom is -0.460 e. The first-order chi connectivity index (χ1) is 9.75. The maximum Gasteiger partial charge on any atom is 0.373 e. The van der Waals surface area contributed by atoms with Crippen molar-refractivity contribution in [3.05, 3.63) is 23.2 Å². The fourth-order valence-corrected chi connectivity index (χ4v) is 2.99. The lowest BCUT2D eigenvalue weighted by atomic mass is 9.71. The number of esters is 1. The highest BCUT2D eigenvalue weighted by molar-refractivity contribution is 5.99. The molecule has 1 heterocycles. The van der Waals surface area contributed by atoms with E-state index >= 15 is 0 Å². The van der Waals surface area contributed by atoms with Crippen LogP contribution >= 0.6 is 0 Å². The third-order valence-electron chi connectivity index (χ3n) is 3.97. The Labute approximate surface area is 126 Å². The normalized spacial score (nSPS) is 24.4. The van der Waals surface area contributed by atoms with Gasteiger partial charge in [-0.05, 0) is 24.3 Å². The molecule has 0 fully saturated rings. The largest absolute Gasteiger partial charge is 0.460 e. The number of allylic oxidation sites excluding steroid dienone is 3. The molecule has 0 N–H and O–H groups in total. The smallest absolute Gasteiger partial charge is 0.373 e. The van der Waals surface area contributed by atoms with Crippen LogP contribution in [0.15, 0.2) is 23.2 Å². The molecule has 1 aliphatic heterocycles. The van der Waals surface area contributed by atoms with Crippen molar-refractivity contribution in [3.8, 4) is 0 Å². The molecule has 0 aromatic carbocycles. The average molecular weight is 292 g/mol. The Morgan fingerprint density at radius 2 is 2.10 bits per heavy atom. The van der Waals surface area contributed by atoms with Gasteiger partial charge in [0.25, 0.3) is 0 Å². The summed E-state index contributed by atoms with van der Waals surface area (Å²) in [6.45, 7) is 10.3. The number of rotatable bonds is 3. The summed E-state index contributed by atoms with van der Waals surface area (Å²) in [5, 5.41) is 0. The Bertz CT molecular complexity index is 523. The summed E-state index contributed by atoms with van der Waals surface area (Å²) in [6.07, 6.45) is 2.95. The van der Waals surface area contributed by atoms with E-state index in [9.17, 15) is 9.59 Å². The molecular formula is C17H24O4. The topological polar surface area (TPSA) is 52.6 Å². The number of hydrogen-bond donors (Lipinski definition) is 0. The van der Waals surface area contributed by atoms with Crippen LogP contribution in [0.25, 0.3) is 0 Å². The fraction of sp³-hybridized carbons (Fsp3) is 0.647. The average Bonchev–Trinajstić information content (AvgIpc) is 2.35. The van der Waals surface area contributed by atoms with Gasteiger partial charge in [-0.15, -0.1) is 0 Å². The summed E-state index contributed by atoms with van der Waals surface area (Å²) in [7, 11) is 0. The zero-order valence-corrected chi connectivity index (χ0v) is 13.5. The molecule has 0 amide bonds. The number of hydrogen-bond acceptors (Lipinski definition) is 4. The summed E-state index contributed by atoms with van der Waals surface area (Å²) in [5.74, 6) is 0.718. The summed E-state index contributed by atoms with van der Waals surface area (Å²) < 4.78 is 10.8. The first-order valence-corrected chi connectivity index (χ1v) is 7.58. The summed E-state index contributed by atoms with van der Waals surface area (Å²) >= 11 is 0. The lowest BCUT2D eigenvalue weighted by Crippen LogP contribution is -2.34. The third kappa shape index (κ3) is 3.20. The van der Waals surface area contributed by atoms with Crippen LogP contribution in [0.4, 0.5) is 0 Å². The molecule has 0 saturated carbocycles. The number of carbonyl (C=O) groups excluding carboxylic acids is 2. The van der Waals surface area contributed by atoms with Crippen LogP contribution in [0.5, 0.6) is 0 Å². The molecule has 0 aromatic rings. The molecule has 0 aromatic heterocycles. The molecule has 0 spiro atoms. The third-order valence-corrected chi connectivity index (χ3v) is 3.97. The van der Waals surface area contributed by atoms with Crippen LogP contribution in [-0.2, 0) is 19.1 Å². The van der Waals surface area contributed by atoms with E-state index in [0.29, 0.717) is 25.2 Å². The van der Waals surface area contributed by atoms with E-state index in [1.807, 2.05) is 27.7 Å². The van der Waals surface area contributed by atoms with E-state index in [1.165, 1.54) is 0 Å². The van der Waals surface area contributed by atoms with Crippen molar-refractivity contribution in [2.24, 2.45) is 17.3 Å². The molecule has 116 valence electrons. The molecule has 4 nitrogen and oxygen atoms in total. The molecule has 1 aliphatic carbocycles. The Morgan fingerprint density at radius 1 is 1.43 bits per heavy atom. The first kappa shape index (κ1) is 15.8. The van der Waals surface area contributed by atoms with Crippen molar-refractivity contribution in [1.82, 2.24) is 0 Å². The van der Waals surface area contributed by atoms with Crippen molar-refractivity contribution in [2.75, 3.05) is 6.61 Å². The first-order valence-electron chi connectivity index (χ1n) is 7.58. The SMILES string of the molecule is CCOC(=O)C1=C[C@H](C(C)C)C2=C(CC(C)(C)CC2=O)O1. The summed E-state index contributed by atoms with van der Waals surface area (Å²) in [4.78, 5) is 24.4. The zero-order chi connectivity index (χ0) is 15.8. The van der Waals surface area contributed by atoms with Crippen LogP contribution < -0.4 is 0 Å². The van der Waals surface area contributed by atoms with Gasteiger partial charge in [0.15, 0.2) is 5.78 Å². The van der Waals surface area contributed by atoms with Gasteiger partial charge in [-0.3, -0.25) is 4.79 Å². The minimum atomic E-state index is -0.453. The molecule has 0 saturated heterocycles. The molecule has 0 bridgehead atoms. The lowest BCUT2D eigenvalue weighted by molar-refractivity contribution is -0.142. The van der Waals surface area contributed by atoms with Gasteiger partial charge in [0.05, 0.1) is 6.61 Å². The lowest BCUT2D eigenvalue weighted by Gasteiger charge is -2.37. The minimum absolute atomic E-state index is 0.0724. The van der Waals surface area contributed by atoms with E-state index in [1.54, 1.807) is 13.0 Å². The van der Waals surface area contributed by atoms with Crippen molar-refractivity contribution in [3.63, 3.8) is 0 Å². The zero-order valence-electron chi connectivity index (χ0n) is 13.5. The highest BCUT2D eigenvalue weighted by Crippen LogP contribution is 2.44. The predicted molar refractivity (Wildman–Crippen MR) is 79.2 cm³/mol. The predicted octanol–water partition coefficient (Wildman–Crippen LogP) is 3.38. The Morgan fingerprint density at radius 3 is 2.67 bits per heavy atom. The van der Waals surface area contributed by atoms with Crippen molar-refractivity contribution < 1.29 is 19.1 Å². The molecule has 2 aliphatic rings. The highest BCUT2D eigenvalue weighted by atomic mass is 16.6. The molecule has 2 rings (SSSR count). The van der Waals surface area contributed by atoms with E-state index < -0.39 is 5.97 Å². The standard InChI is InChI=1S/C17H24O4/c1-6-20-16(19)13-7-11(10(2)3)15-12(18)8-17(4,5)9-14(15)21-13/h7,10-11H,6,8-9H2,1-5H3/t11-/m1/s1. The van der Waals surface area contributed by atoms with Crippen LogP contribution in [0, 0.1) is 17.3 Å². The number of ketones is 1. The Kier molecular flexibility index (Phi) is 4.26. The van der Waals surface area contributed by atoms with Gasteiger partial charge >= 0.3 is 5.97 Å².